The number of aromatic nitrogens is 1. The molecule has 0 aliphatic heterocycles. The summed E-state index contributed by atoms with van der Waals surface area (Å²) >= 11 is 3.78. The molecule has 0 N–H and O–H groups in total. The Hall–Kier alpha value is -8.02. The highest BCUT2D eigenvalue weighted by atomic mass is 32.1. The highest BCUT2D eigenvalue weighted by Crippen LogP contribution is 2.51. The number of fused-ring (bicyclic) bond motifs is 11. The third-order valence-corrected chi connectivity index (χ3v) is 15.9. The van der Waals surface area contributed by atoms with Crippen molar-refractivity contribution in [2.24, 2.45) is 0 Å². The van der Waals surface area contributed by atoms with Crippen LogP contribution in [0.2, 0.25) is 0 Å². The summed E-state index contributed by atoms with van der Waals surface area (Å²) in [7, 11) is 0. The average Bonchev–Trinajstić information content (AvgIpc) is 4.06. The maximum absolute atomic E-state index is 2.53. The Bertz CT molecular complexity index is 4240. The molecule has 3 heterocycles. The van der Waals surface area contributed by atoms with Gasteiger partial charge in [0.2, 0.25) is 0 Å². The molecular formula is C62H38N2S2. The van der Waals surface area contributed by atoms with Gasteiger partial charge in [0.05, 0.1) is 28.1 Å². The van der Waals surface area contributed by atoms with Crippen LogP contribution < -0.4 is 4.90 Å². The number of nitrogens with zero attached hydrogens (tertiary/aromatic N) is 2. The average molecular weight is 875 g/mol. The number of para-hydroxylation sites is 1. The summed E-state index contributed by atoms with van der Waals surface area (Å²) in [6.45, 7) is 0. The smallest absolute Gasteiger partial charge is 0.0562 e. The van der Waals surface area contributed by atoms with E-state index in [4.69, 9.17) is 0 Å². The van der Waals surface area contributed by atoms with Gasteiger partial charge in [-0.25, -0.2) is 0 Å². The van der Waals surface area contributed by atoms with Crippen LogP contribution in [0.1, 0.15) is 0 Å². The summed E-state index contributed by atoms with van der Waals surface area (Å²) < 4.78 is 7.68. The third-order valence-electron chi connectivity index (χ3n) is 13.6. The zero-order chi connectivity index (χ0) is 43.3. The molecule has 0 atom stereocenters. The fraction of sp³-hybridized carbons (Fsp3) is 0. The van der Waals surface area contributed by atoms with Crippen molar-refractivity contribution in [3.8, 4) is 27.9 Å². The van der Waals surface area contributed by atoms with Crippen LogP contribution >= 0.6 is 22.7 Å². The minimum Gasteiger partial charge on any atom is -0.309 e. The van der Waals surface area contributed by atoms with Gasteiger partial charge < -0.3 is 9.47 Å². The Morgan fingerprint density at radius 3 is 1.82 bits per heavy atom. The molecule has 0 spiro atoms. The zero-order valence-corrected chi connectivity index (χ0v) is 37.3. The molecule has 0 saturated heterocycles. The normalized spacial score (nSPS) is 11.9. The number of hydrogen-bond donors (Lipinski definition) is 0. The van der Waals surface area contributed by atoms with Gasteiger partial charge in [-0.05, 0) is 105 Å². The molecule has 0 bridgehead atoms. The molecule has 0 aliphatic carbocycles. The first-order valence-corrected chi connectivity index (χ1v) is 24.1. The topological polar surface area (TPSA) is 8.17 Å². The molecule has 66 heavy (non-hydrogen) atoms. The van der Waals surface area contributed by atoms with E-state index in [1.165, 1.54) is 112 Å². The van der Waals surface area contributed by atoms with E-state index in [9.17, 15) is 0 Å². The Morgan fingerprint density at radius 2 is 0.955 bits per heavy atom. The van der Waals surface area contributed by atoms with Crippen molar-refractivity contribution in [1.29, 1.82) is 0 Å². The number of hydrogen-bond acceptors (Lipinski definition) is 3. The molecule has 2 nitrogen and oxygen atoms in total. The molecule has 0 unspecified atom stereocenters. The second kappa shape index (κ2) is 14.8. The maximum atomic E-state index is 2.53. The van der Waals surface area contributed by atoms with Crippen LogP contribution in [-0.4, -0.2) is 4.57 Å². The lowest BCUT2D eigenvalue weighted by atomic mass is 9.98. The largest absolute Gasteiger partial charge is 0.309 e. The quantitative estimate of drug-likeness (QED) is 0.162. The number of rotatable bonds is 6. The molecule has 14 rings (SSSR count). The van der Waals surface area contributed by atoms with Crippen molar-refractivity contribution >= 4 is 123 Å². The standard InChI is InChI=1S/C62H38N2S2/c1-2-15-42-37-43(28-27-39(42)13-1)40-29-32-45(33-30-40)63(54-23-12-24-55-60(54)50-19-5-8-21-53(50)64(55)52-22-11-16-41-14-3-4-17-46(41)52)56-36-35-47(62-61(56)51-20-7-10-26-58(51)66-62)44-31-34-49-48-18-6-9-25-57(48)65-59(49)38-44/h1-38H. The van der Waals surface area contributed by atoms with Crippen molar-refractivity contribution in [3.63, 3.8) is 0 Å². The van der Waals surface area contributed by atoms with Gasteiger partial charge in [0.15, 0.2) is 0 Å². The summed E-state index contributed by atoms with van der Waals surface area (Å²) in [5, 5.41) is 12.5. The monoisotopic (exact) mass is 874 g/mol. The van der Waals surface area contributed by atoms with Gasteiger partial charge in [-0.1, -0.05) is 164 Å². The van der Waals surface area contributed by atoms with Crippen molar-refractivity contribution in [1.82, 2.24) is 4.57 Å². The van der Waals surface area contributed by atoms with Crippen molar-refractivity contribution in [2.75, 3.05) is 4.90 Å². The number of thiophene rings is 2. The van der Waals surface area contributed by atoms with E-state index in [2.05, 4.69) is 240 Å². The van der Waals surface area contributed by atoms with E-state index in [-0.39, 0.29) is 0 Å². The molecule has 14 aromatic rings. The first kappa shape index (κ1) is 37.4. The summed E-state index contributed by atoms with van der Waals surface area (Å²) in [6.07, 6.45) is 0. The van der Waals surface area contributed by atoms with Crippen LogP contribution in [0.15, 0.2) is 231 Å². The molecule has 0 radical (unpaired) electrons. The summed E-state index contributed by atoms with van der Waals surface area (Å²) in [5.41, 5.74) is 11.8. The lowest BCUT2D eigenvalue weighted by Crippen LogP contribution is -2.11. The van der Waals surface area contributed by atoms with Crippen LogP contribution in [0.25, 0.3) is 112 Å². The SMILES string of the molecule is c1ccc2cc(-c3ccc(N(c4ccc(-c5ccc6c(c5)sc5ccccc56)c5sc6ccccc6c45)c4cccc5c4c4ccccc4n5-c4cccc5ccccc45)cc3)ccc2c1. The minimum atomic E-state index is 1.10. The van der Waals surface area contributed by atoms with E-state index >= 15 is 0 Å². The number of benzene rings is 11. The van der Waals surface area contributed by atoms with Crippen LogP contribution in [0, 0.1) is 0 Å². The summed E-state index contributed by atoms with van der Waals surface area (Å²) in [5.74, 6) is 0. The lowest BCUT2D eigenvalue weighted by molar-refractivity contribution is 1.20. The molecule has 0 fully saturated rings. The molecular weight excluding hydrogens is 837 g/mol. The van der Waals surface area contributed by atoms with E-state index < -0.39 is 0 Å². The van der Waals surface area contributed by atoms with E-state index in [0.29, 0.717) is 0 Å². The fourth-order valence-electron chi connectivity index (χ4n) is 10.5. The fourth-order valence-corrected chi connectivity index (χ4v) is 13.0. The Morgan fingerprint density at radius 1 is 0.333 bits per heavy atom. The second-order valence-electron chi connectivity index (χ2n) is 17.2. The Balaban J connectivity index is 1.04. The van der Waals surface area contributed by atoms with Gasteiger partial charge in [0.25, 0.3) is 0 Å². The lowest BCUT2D eigenvalue weighted by Gasteiger charge is -2.28. The van der Waals surface area contributed by atoms with Gasteiger partial charge >= 0.3 is 0 Å². The van der Waals surface area contributed by atoms with E-state index in [1.807, 2.05) is 22.7 Å². The van der Waals surface area contributed by atoms with Crippen molar-refractivity contribution in [3.05, 3.63) is 231 Å². The molecule has 0 amide bonds. The zero-order valence-electron chi connectivity index (χ0n) is 35.7. The van der Waals surface area contributed by atoms with Gasteiger partial charge in [-0.3, -0.25) is 0 Å². The third kappa shape index (κ3) is 5.72. The van der Waals surface area contributed by atoms with Gasteiger partial charge in [-0.15, -0.1) is 22.7 Å². The molecule has 3 aromatic heterocycles. The first-order valence-electron chi connectivity index (χ1n) is 22.5. The van der Waals surface area contributed by atoms with E-state index in [1.54, 1.807) is 0 Å². The Labute approximate surface area is 389 Å². The maximum Gasteiger partial charge on any atom is 0.0562 e. The van der Waals surface area contributed by atoms with Crippen molar-refractivity contribution < 1.29 is 0 Å². The minimum absolute atomic E-state index is 1.10. The van der Waals surface area contributed by atoms with Crippen molar-refractivity contribution in [2.45, 2.75) is 0 Å². The van der Waals surface area contributed by atoms with E-state index in [0.717, 1.165) is 17.1 Å². The van der Waals surface area contributed by atoms with Gasteiger partial charge in [0.1, 0.15) is 0 Å². The first-order chi connectivity index (χ1) is 32.7. The molecule has 0 saturated carbocycles. The van der Waals surface area contributed by atoms with Crippen LogP contribution in [0.3, 0.4) is 0 Å². The predicted octanol–water partition coefficient (Wildman–Crippen LogP) is 18.6. The molecule has 308 valence electrons. The molecule has 4 heteroatoms. The van der Waals surface area contributed by atoms with Crippen LogP contribution in [0.5, 0.6) is 0 Å². The molecule has 11 aromatic carbocycles. The second-order valence-corrected chi connectivity index (χ2v) is 19.3. The summed E-state index contributed by atoms with van der Waals surface area (Å²) in [4.78, 5) is 2.53. The summed E-state index contributed by atoms with van der Waals surface area (Å²) in [6, 6.07) is 85.3. The Kier molecular flexibility index (Phi) is 8.36. The molecule has 0 aliphatic rings. The highest BCUT2D eigenvalue weighted by molar-refractivity contribution is 7.26. The highest BCUT2D eigenvalue weighted by Gasteiger charge is 2.25. The van der Waals surface area contributed by atoms with Gasteiger partial charge in [0, 0.05) is 62.2 Å². The van der Waals surface area contributed by atoms with Gasteiger partial charge in [-0.2, -0.15) is 0 Å². The van der Waals surface area contributed by atoms with Crippen LogP contribution in [0.4, 0.5) is 17.1 Å². The van der Waals surface area contributed by atoms with Crippen LogP contribution in [-0.2, 0) is 0 Å². The predicted molar refractivity (Wildman–Crippen MR) is 287 cm³/mol. The number of anilines is 3.